The van der Waals surface area contributed by atoms with E-state index in [-0.39, 0.29) is 37.8 Å². The lowest BCUT2D eigenvalue weighted by Crippen LogP contribution is -2.61. The van der Waals surface area contributed by atoms with Crippen LogP contribution >= 0.6 is 0 Å². The van der Waals surface area contributed by atoms with Crippen molar-refractivity contribution in [1.29, 1.82) is 0 Å². The molecule has 3 fully saturated rings. The highest BCUT2D eigenvalue weighted by Crippen LogP contribution is 2.41. The molecule has 3 aliphatic heterocycles. The highest BCUT2D eigenvalue weighted by Gasteiger charge is 2.54. The number of carbonyl (C=O) groups excluding carboxylic acids is 3. The number of carbonyl (C=O) groups is 3. The van der Waals surface area contributed by atoms with Crippen LogP contribution in [-0.2, 0) is 47.5 Å². The molecule has 3 aliphatic rings. The quantitative estimate of drug-likeness (QED) is 0.249. The zero-order valence-electron chi connectivity index (χ0n) is 35.5. The summed E-state index contributed by atoms with van der Waals surface area (Å²) in [6.07, 6.45) is -9.68. The Bertz CT molecular complexity index is 1290. The summed E-state index contributed by atoms with van der Waals surface area (Å²) in [5.74, 6) is -5.59. The molecule has 55 heavy (non-hydrogen) atoms. The van der Waals surface area contributed by atoms with E-state index in [4.69, 9.17) is 33.2 Å². The van der Waals surface area contributed by atoms with Crippen LogP contribution in [0.15, 0.2) is 0 Å². The molecule has 320 valence electrons. The smallest absolute Gasteiger partial charge is 0.311 e. The van der Waals surface area contributed by atoms with Crippen LogP contribution in [0.3, 0.4) is 0 Å². The fraction of sp³-hybridized carbons (Fsp3) is 0.925. The number of aliphatic hydroxyl groups is 4. The molecule has 0 aromatic rings. The third kappa shape index (κ3) is 10.6. The van der Waals surface area contributed by atoms with Gasteiger partial charge in [0.25, 0.3) is 0 Å². The minimum absolute atomic E-state index is 0.0760. The Morgan fingerprint density at radius 2 is 1.51 bits per heavy atom. The van der Waals surface area contributed by atoms with Crippen LogP contribution in [0.4, 0.5) is 0 Å². The highest BCUT2D eigenvalue weighted by molar-refractivity contribution is 5.83. The van der Waals surface area contributed by atoms with E-state index in [0.29, 0.717) is 6.42 Å². The predicted molar refractivity (Wildman–Crippen MR) is 200 cm³/mol. The van der Waals surface area contributed by atoms with Gasteiger partial charge in [-0.15, -0.1) is 0 Å². The molecule has 0 unspecified atom stereocenters. The molecule has 3 saturated heterocycles. The van der Waals surface area contributed by atoms with Crippen LogP contribution in [0.25, 0.3) is 0 Å². The van der Waals surface area contributed by atoms with Gasteiger partial charge in [0.2, 0.25) is 0 Å². The van der Waals surface area contributed by atoms with E-state index in [0.717, 1.165) is 0 Å². The van der Waals surface area contributed by atoms with Gasteiger partial charge >= 0.3 is 11.9 Å². The number of methoxy groups -OCH3 is 1. The van der Waals surface area contributed by atoms with Crippen molar-refractivity contribution in [3.63, 3.8) is 0 Å². The van der Waals surface area contributed by atoms with Crippen LogP contribution in [0.5, 0.6) is 0 Å². The number of Topliss-reactive ketones (excluding diaryl/α,β-unsaturated/α-hetero) is 1. The Balaban J connectivity index is 2.24. The largest absolute Gasteiger partial charge is 0.459 e. The number of likely N-dealkylation sites (N-methyl/N-ethyl adjacent to an activating group) is 1. The first-order chi connectivity index (χ1) is 25.4. The van der Waals surface area contributed by atoms with Crippen LogP contribution in [0, 0.1) is 23.7 Å². The van der Waals surface area contributed by atoms with Crippen molar-refractivity contribution in [2.45, 2.75) is 193 Å². The summed E-state index contributed by atoms with van der Waals surface area (Å²) in [5, 5.41) is 46.6. The summed E-state index contributed by atoms with van der Waals surface area (Å²) >= 11 is 0. The minimum atomic E-state index is -2.01. The molecule has 0 saturated carbocycles. The van der Waals surface area contributed by atoms with E-state index in [1.165, 1.54) is 27.9 Å². The zero-order valence-corrected chi connectivity index (χ0v) is 35.5. The summed E-state index contributed by atoms with van der Waals surface area (Å²) in [6, 6.07) is -0.319. The number of rotatable bonds is 9. The summed E-state index contributed by atoms with van der Waals surface area (Å²) in [4.78, 5) is 42.9. The van der Waals surface area contributed by atoms with Gasteiger partial charge in [-0.3, -0.25) is 14.4 Å². The average Bonchev–Trinajstić information content (AvgIpc) is 3.11. The number of aliphatic hydroxyl groups excluding tert-OH is 2. The van der Waals surface area contributed by atoms with Gasteiger partial charge in [0.05, 0.1) is 53.7 Å². The van der Waals surface area contributed by atoms with Gasteiger partial charge in [0.15, 0.2) is 18.7 Å². The first-order valence-electron chi connectivity index (χ1n) is 19.9. The normalized spacial score (nSPS) is 46.9. The van der Waals surface area contributed by atoms with E-state index in [1.807, 2.05) is 25.9 Å². The number of ether oxygens (including phenoxy) is 7. The van der Waals surface area contributed by atoms with Gasteiger partial charge in [0.1, 0.15) is 23.6 Å². The Morgan fingerprint density at radius 3 is 2.05 bits per heavy atom. The zero-order chi connectivity index (χ0) is 42.0. The van der Waals surface area contributed by atoms with E-state index in [9.17, 15) is 34.8 Å². The van der Waals surface area contributed by atoms with Gasteiger partial charge < -0.3 is 58.5 Å². The second-order valence-corrected chi connectivity index (χ2v) is 17.3. The van der Waals surface area contributed by atoms with E-state index in [2.05, 4.69) is 0 Å². The van der Waals surface area contributed by atoms with Crippen molar-refractivity contribution in [3.8, 4) is 0 Å². The molecular weight excluding hydrogens is 718 g/mol. The molecule has 3 rings (SSSR count). The number of esters is 2. The first kappa shape index (κ1) is 47.6. The summed E-state index contributed by atoms with van der Waals surface area (Å²) < 4.78 is 43.6. The lowest BCUT2D eigenvalue weighted by atomic mass is 9.74. The Morgan fingerprint density at radius 1 is 0.891 bits per heavy atom. The van der Waals surface area contributed by atoms with Crippen molar-refractivity contribution in [2.75, 3.05) is 21.2 Å². The summed E-state index contributed by atoms with van der Waals surface area (Å²) in [7, 11) is 5.21. The number of hydrogen-bond acceptors (Lipinski definition) is 15. The maximum Gasteiger partial charge on any atom is 0.311 e. The number of cyclic esters (lactones) is 1. The lowest BCUT2D eigenvalue weighted by molar-refractivity contribution is -0.319. The van der Waals surface area contributed by atoms with Gasteiger partial charge in [-0.1, -0.05) is 34.6 Å². The number of hydrogen-bond donors (Lipinski definition) is 4. The lowest BCUT2D eigenvalue weighted by Gasteiger charge is -2.49. The van der Waals surface area contributed by atoms with Gasteiger partial charge in [-0.25, -0.2) is 0 Å². The van der Waals surface area contributed by atoms with Crippen LogP contribution < -0.4 is 0 Å². The van der Waals surface area contributed by atoms with Gasteiger partial charge in [-0.2, -0.15) is 0 Å². The number of ketones is 1. The molecule has 0 radical (unpaired) electrons. The van der Waals surface area contributed by atoms with Crippen molar-refractivity contribution >= 4 is 17.7 Å². The fourth-order valence-electron chi connectivity index (χ4n) is 8.76. The maximum absolute atomic E-state index is 14.2. The summed E-state index contributed by atoms with van der Waals surface area (Å²) in [5.41, 5.74) is -4.92. The fourth-order valence-corrected chi connectivity index (χ4v) is 8.76. The molecule has 4 N–H and O–H groups in total. The monoisotopic (exact) mass is 789 g/mol. The van der Waals surface area contributed by atoms with Crippen molar-refractivity contribution in [2.24, 2.45) is 23.7 Å². The van der Waals surface area contributed by atoms with Crippen LogP contribution in [-0.4, -0.2) is 149 Å². The van der Waals surface area contributed by atoms with Crippen molar-refractivity contribution < 1.29 is 68.0 Å². The molecule has 0 aromatic heterocycles. The highest BCUT2D eigenvalue weighted by atomic mass is 16.7. The molecule has 0 aromatic carbocycles. The first-order valence-corrected chi connectivity index (χ1v) is 19.9. The van der Waals surface area contributed by atoms with E-state index < -0.39 is 114 Å². The van der Waals surface area contributed by atoms with E-state index >= 15 is 0 Å². The second kappa shape index (κ2) is 18.9. The van der Waals surface area contributed by atoms with Gasteiger partial charge in [0, 0.05) is 37.7 Å². The standard InChI is InChI=1S/C40H71NO14/c1-15-27-40(11,48)33(44)22(5)30(43)20(3)18-38(9,47)35(55-37-32(53-28(42)16-2)26(41(12)13)17-21(4)50-37)23(6)31(24(7)36(46)52-27)54-29-19-39(10,49-14)34(45)25(8)51-29/h20-27,29,31-35,37,44-45,47-48H,15-19H2,1-14H3/t20-,21+,22+,23+,24-,25+,26+,27-,29-,31+,32+,33-,34-,35-,37+,38-,39+,40-/m1/s1. The van der Waals surface area contributed by atoms with Crippen molar-refractivity contribution in [3.05, 3.63) is 0 Å². The Hall–Kier alpha value is -1.79. The van der Waals surface area contributed by atoms with E-state index in [1.54, 1.807) is 48.5 Å². The van der Waals surface area contributed by atoms with Crippen LogP contribution in [0.1, 0.15) is 108 Å². The molecule has 3 heterocycles. The summed E-state index contributed by atoms with van der Waals surface area (Å²) in [6.45, 7) is 18.0. The molecule has 15 heteroatoms. The van der Waals surface area contributed by atoms with Crippen molar-refractivity contribution in [1.82, 2.24) is 4.90 Å². The molecule has 18 atom stereocenters. The topological polar surface area (TPSA) is 200 Å². The van der Waals surface area contributed by atoms with Gasteiger partial charge in [-0.05, 0) is 74.9 Å². The second-order valence-electron chi connectivity index (χ2n) is 17.3. The maximum atomic E-state index is 14.2. The predicted octanol–water partition coefficient (Wildman–Crippen LogP) is 2.75. The third-order valence-electron chi connectivity index (χ3n) is 12.4. The average molecular weight is 790 g/mol. The molecule has 15 nitrogen and oxygen atoms in total. The minimum Gasteiger partial charge on any atom is -0.459 e. The molecule has 0 aliphatic carbocycles. The third-order valence-corrected chi connectivity index (χ3v) is 12.4. The molecule has 0 amide bonds. The molecule has 0 spiro atoms. The molecular formula is C40H71NO14. The molecule has 0 bridgehead atoms. The van der Waals surface area contributed by atoms with Crippen LogP contribution in [0.2, 0.25) is 0 Å². The Labute approximate surface area is 327 Å². The number of nitrogens with zero attached hydrogens (tertiary/aromatic N) is 1. The SMILES string of the molecule is CCC(=O)O[C@@H]1[C@H](O[C@@H]2[C@@H](C)[C@H](O[C@@H]3C[C@](C)(OC)[C@H](O)[C@H](C)O3)[C@@H](C)C(=O)O[C@H](CC)[C@@](C)(O)[C@H](O)[C@@H](C)C(=O)[C@H](C)C[C@@]2(C)O)O[C@@H](C)C[C@@H]1N(C)C. The Kier molecular flexibility index (Phi) is 16.3.